The van der Waals surface area contributed by atoms with Crippen LogP contribution in [0.15, 0.2) is 43.5 Å². The third-order valence-electron chi connectivity index (χ3n) is 9.11. The molecule has 7 nitrogen and oxygen atoms in total. The van der Waals surface area contributed by atoms with E-state index in [1.165, 1.54) is 0 Å². The van der Waals surface area contributed by atoms with E-state index < -0.39 is 33.4 Å². The second kappa shape index (κ2) is 12.1. The molecule has 8 heteroatoms. The lowest BCUT2D eigenvalue weighted by Gasteiger charge is -2.40. The first kappa shape index (κ1) is 30.4. The van der Waals surface area contributed by atoms with E-state index in [2.05, 4.69) is 13.2 Å². The predicted octanol–water partition coefficient (Wildman–Crippen LogP) is 4.97. The highest BCUT2D eigenvalue weighted by Crippen LogP contribution is 2.72. The number of unbranched alkanes of at least 4 members (excludes halogenated alkanes) is 2. The number of aryl methyl sites for hydroxylation is 2. The van der Waals surface area contributed by atoms with E-state index in [0.717, 1.165) is 42.5 Å². The molecule has 3 heterocycles. The Kier molecular flexibility index (Phi) is 9.20. The van der Waals surface area contributed by atoms with Gasteiger partial charge in [-0.25, -0.2) is 0 Å². The zero-order valence-electron chi connectivity index (χ0n) is 24.4. The number of aliphatic hydroxyl groups excluding tert-OH is 1. The number of carbonyl (C=O) groups excluding carboxylic acids is 3. The number of carbonyl (C=O) groups is 3. The molecular weight excluding hydrogens is 524 g/mol. The number of anilines is 1. The van der Waals surface area contributed by atoms with Crippen molar-refractivity contribution < 1.29 is 24.2 Å². The number of hydrogen-bond donors (Lipinski definition) is 1. The van der Waals surface area contributed by atoms with E-state index in [0.29, 0.717) is 19.4 Å². The molecule has 1 N–H and O–H groups in total. The molecule has 0 aromatic heterocycles. The predicted molar refractivity (Wildman–Crippen MR) is 160 cm³/mol. The van der Waals surface area contributed by atoms with Crippen molar-refractivity contribution in [1.82, 2.24) is 4.90 Å². The highest BCUT2D eigenvalue weighted by atomic mass is 32.2. The van der Waals surface area contributed by atoms with Gasteiger partial charge in [-0.15, -0.1) is 24.9 Å². The van der Waals surface area contributed by atoms with Crippen molar-refractivity contribution in [1.29, 1.82) is 0 Å². The molecule has 2 unspecified atom stereocenters. The largest absolute Gasteiger partial charge is 0.465 e. The van der Waals surface area contributed by atoms with Gasteiger partial charge in [0.05, 0.1) is 35.8 Å². The van der Waals surface area contributed by atoms with Crippen LogP contribution in [0, 0.1) is 25.7 Å². The number of allylic oxidation sites excluding steroid dienone is 1. The Morgan fingerprint density at radius 1 is 1.23 bits per heavy atom. The molecule has 3 saturated heterocycles. The summed E-state index contributed by atoms with van der Waals surface area (Å²) >= 11 is 1.63. The molecule has 1 aromatic rings. The average molecular weight is 569 g/mol. The maximum absolute atomic E-state index is 14.8. The van der Waals surface area contributed by atoms with E-state index in [1.54, 1.807) is 27.6 Å². The lowest BCUT2D eigenvalue weighted by atomic mass is 9.66. The van der Waals surface area contributed by atoms with Gasteiger partial charge in [-0.2, -0.15) is 0 Å². The highest BCUT2D eigenvalue weighted by molar-refractivity contribution is 8.02. The first-order valence-electron chi connectivity index (χ1n) is 14.5. The van der Waals surface area contributed by atoms with Crippen LogP contribution in [0.1, 0.15) is 63.5 Å². The second-order valence-electron chi connectivity index (χ2n) is 11.6. The molecule has 4 rings (SSSR count). The molecule has 0 radical (unpaired) electrons. The maximum Gasteiger partial charge on any atom is 0.311 e. The van der Waals surface area contributed by atoms with Crippen LogP contribution < -0.4 is 4.90 Å². The first-order chi connectivity index (χ1) is 19.1. The van der Waals surface area contributed by atoms with Gasteiger partial charge in [0.15, 0.2) is 0 Å². The van der Waals surface area contributed by atoms with E-state index in [9.17, 15) is 19.5 Å². The van der Waals surface area contributed by atoms with Crippen LogP contribution >= 0.6 is 11.8 Å². The van der Waals surface area contributed by atoms with Crippen LogP contribution in [0.2, 0.25) is 0 Å². The minimum atomic E-state index is -0.807. The highest BCUT2D eigenvalue weighted by Gasteiger charge is 2.78. The number of benzene rings is 1. The number of fused-ring (bicyclic) bond motifs is 1. The monoisotopic (exact) mass is 568 g/mol. The molecule has 1 spiro atoms. The molecule has 6 atom stereocenters. The summed E-state index contributed by atoms with van der Waals surface area (Å²) in [5.41, 5.74) is 2.74. The molecule has 1 aromatic carbocycles. The Labute approximate surface area is 243 Å². The van der Waals surface area contributed by atoms with Gasteiger partial charge in [0.1, 0.15) is 6.04 Å². The van der Waals surface area contributed by atoms with Crippen molar-refractivity contribution in [2.75, 3.05) is 24.7 Å². The lowest BCUT2D eigenvalue weighted by Crippen LogP contribution is -2.57. The fourth-order valence-corrected chi connectivity index (χ4v) is 9.59. The smallest absolute Gasteiger partial charge is 0.311 e. The molecule has 2 amide bonds. The Balaban J connectivity index is 1.77. The van der Waals surface area contributed by atoms with Crippen molar-refractivity contribution in [3.63, 3.8) is 0 Å². The molecule has 0 aliphatic carbocycles. The Hall–Kier alpha value is -2.58. The van der Waals surface area contributed by atoms with Gasteiger partial charge in [-0.05, 0) is 70.4 Å². The van der Waals surface area contributed by atoms with Crippen molar-refractivity contribution in [2.45, 2.75) is 87.8 Å². The summed E-state index contributed by atoms with van der Waals surface area (Å²) in [5.74, 6) is -2.06. The van der Waals surface area contributed by atoms with Crippen molar-refractivity contribution in [2.24, 2.45) is 11.8 Å². The van der Waals surface area contributed by atoms with E-state index in [-0.39, 0.29) is 30.9 Å². The summed E-state index contributed by atoms with van der Waals surface area (Å²) in [6, 6.07) is 4.59. The van der Waals surface area contributed by atoms with Crippen LogP contribution in [-0.4, -0.2) is 69.1 Å². The molecule has 2 bridgehead atoms. The summed E-state index contributed by atoms with van der Waals surface area (Å²) < 4.78 is 4.50. The van der Waals surface area contributed by atoms with Crippen LogP contribution in [-0.2, 0) is 19.1 Å². The number of hydrogen-bond acceptors (Lipinski definition) is 6. The van der Waals surface area contributed by atoms with Crippen molar-refractivity contribution >= 4 is 35.2 Å². The molecular formula is C32H44N2O5S. The minimum absolute atomic E-state index is 0.185. The number of likely N-dealkylation sites (tertiary alicyclic amines) is 1. The Morgan fingerprint density at radius 2 is 1.93 bits per heavy atom. The minimum Gasteiger partial charge on any atom is -0.465 e. The number of ether oxygens (including phenoxy) is 1. The molecule has 3 fully saturated rings. The fourth-order valence-electron chi connectivity index (χ4n) is 7.26. The number of para-hydroxylation sites is 1. The third kappa shape index (κ3) is 4.91. The fraction of sp³-hybridized carbons (Fsp3) is 0.594. The summed E-state index contributed by atoms with van der Waals surface area (Å²) in [4.78, 5) is 46.1. The van der Waals surface area contributed by atoms with Gasteiger partial charge in [0, 0.05) is 17.0 Å². The first-order valence-corrected chi connectivity index (χ1v) is 15.3. The summed E-state index contributed by atoms with van der Waals surface area (Å²) in [7, 11) is 0. The van der Waals surface area contributed by atoms with E-state index in [4.69, 9.17) is 4.74 Å². The normalized spacial score (nSPS) is 29.3. The summed E-state index contributed by atoms with van der Waals surface area (Å²) in [5, 5.41) is 10.4. The lowest BCUT2D eigenvalue weighted by molar-refractivity contribution is -0.156. The van der Waals surface area contributed by atoms with Crippen LogP contribution in [0.3, 0.4) is 0 Å². The Bertz CT molecular complexity index is 1150. The van der Waals surface area contributed by atoms with E-state index >= 15 is 0 Å². The quantitative estimate of drug-likeness (QED) is 0.205. The standard InChI is InChI=1S/C32H44N2O5S/c1-7-10-11-12-19-39-30(38)25-24-28(36)34(23(9-3)20-35)27(32(24)17-16-31(25,6)40-32)29(37)33(18-8-2)26-21(4)14-13-15-22(26)5/h7-8,13-15,23-25,27,35H,1-2,9-12,16-20H2,3-6H3/t23-,24-,25+,27?,31-,32?/m0/s1. The maximum atomic E-state index is 14.8. The van der Waals surface area contributed by atoms with Crippen LogP contribution in [0.25, 0.3) is 0 Å². The third-order valence-corrected chi connectivity index (χ3v) is 11.1. The Morgan fingerprint density at radius 3 is 2.52 bits per heavy atom. The van der Waals surface area contributed by atoms with Gasteiger partial charge in [-0.1, -0.05) is 37.3 Å². The van der Waals surface area contributed by atoms with E-state index in [1.807, 2.05) is 52.0 Å². The summed E-state index contributed by atoms with van der Waals surface area (Å²) in [6.45, 7) is 15.9. The SMILES string of the molecule is C=CCCCCOC(=O)[C@H]1[C@H]2C(=O)N([C@@H](CC)CO)C(C(=O)N(CC=C)c3c(C)cccc3C)C23CC[C@]1(C)S3. The van der Waals surface area contributed by atoms with Gasteiger partial charge >= 0.3 is 5.97 Å². The van der Waals surface area contributed by atoms with Crippen molar-refractivity contribution in [3.05, 3.63) is 54.6 Å². The number of nitrogens with zero attached hydrogens (tertiary/aromatic N) is 2. The average Bonchev–Trinajstić information content (AvgIpc) is 3.49. The summed E-state index contributed by atoms with van der Waals surface area (Å²) in [6.07, 6.45) is 7.90. The zero-order chi connectivity index (χ0) is 29.2. The molecule has 218 valence electrons. The number of amides is 2. The van der Waals surface area contributed by atoms with Crippen molar-refractivity contribution in [3.8, 4) is 0 Å². The van der Waals surface area contributed by atoms with Gasteiger partial charge < -0.3 is 19.6 Å². The number of rotatable bonds is 13. The molecule has 0 saturated carbocycles. The molecule has 3 aliphatic heterocycles. The van der Waals surface area contributed by atoms with Gasteiger partial charge in [0.2, 0.25) is 5.91 Å². The number of aliphatic hydroxyl groups is 1. The van der Waals surface area contributed by atoms with Crippen LogP contribution in [0.4, 0.5) is 5.69 Å². The number of esters is 1. The molecule has 40 heavy (non-hydrogen) atoms. The second-order valence-corrected chi connectivity index (χ2v) is 13.5. The molecule has 3 aliphatic rings. The van der Waals surface area contributed by atoms with Gasteiger partial charge in [-0.3, -0.25) is 14.4 Å². The number of thioether (sulfide) groups is 1. The topological polar surface area (TPSA) is 87.1 Å². The zero-order valence-corrected chi connectivity index (χ0v) is 25.2. The van der Waals surface area contributed by atoms with Crippen LogP contribution in [0.5, 0.6) is 0 Å². The van der Waals surface area contributed by atoms with Gasteiger partial charge in [0.25, 0.3) is 5.91 Å².